The summed E-state index contributed by atoms with van der Waals surface area (Å²) in [6, 6.07) is 14.8. The molecule has 0 atom stereocenters. The van der Waals surface area contributed by atoms with E-state index in [0.29, 0.717) is 0 Å². The Morgan fingerprint density at radius 2 is 1.80 bits per heavy atom. The van der Waals surface area contributed by atoms with E-state index in [2.05, 4.69) is 67.4 Å². The number of allylic oxidation sites excluding steroid dienone is 2. The highest BCUT2D eigenvalue weighted by molar-refractivity contribution is 5.70. The summed E-state index contributed by atoms with van der Waals surface area (Å²) in [4.78, 5) is 4.57. The lowest BCUT2D eigenvalue weighted by Gasteiger charge is -2.08. The van der Waals surface area contributed by atoms with Crippen molar-refractivity contribution in [3.8, 4) is 11.1 Å². The fraction of sp³-hybridized carbons (Fsp3) is 0.316. The van der Waals surface area contributed by atoms with Crippen LogP contribution in [0.5, 0.6) is 0 Å². The van der Waals surface area contributed by atoms with E-state index in [-0.39, 0.29) is 0 Å². The number of benzene rings is 1. The summed E-state index contributed by atoms with van der Waals surface area (Å²) in [5.41, 5.74) is 5.00. The van der Waals surface area contributed by atoms with Gasteiger partial charge in [-0.05, 0) is 41.7 Å². The summed E-state index contributed by atoms with van der Waals surface area (Å²) in [7, 11) is 0. The second-order valence-electron chi connectivity index (χ2n) is 5.06. The van der Waals surface area contributed by atoms with Crippen LogP contribution in [0.25, 0.3) is 16.7 Å². The topological polar surface area (TPSA) is 12.9 Å². The molecule has 104 valence electrons. The van der Waals surface area contributed by atoms with E-state index in [1.807, 2.05) is 6.20 Å². The van der Waals surface area contributed by atoms with E-state index in [4.69, 9.17) is 0 Å². The van der Waals surface area contributed by atoms with Crippen molar-refractivity contribution in [1.82, 2.24) is 4.98 Å². The van der Waals surface area contributed by atoms with Gasteiger partial charge in [0, 0.05) is 6.20 Å². The Balaban J connectivity index is 2.33. The normalized spacial score (nSPS) is 11.6. The SMILES string of the molecule is CCC/C=C(\CCC)c1cc(-c2ccccc2)ccn1. The molecule has 0 radical (unpaired) electrons. The fourth-order valence-corrected chi connectivity index (χ4v) is 2.34. The molecule has 0 bridgehead atoms. The molecular weight excluding hydrogens is 242 g/mol. The van der Waals surface area contributed by atoms with E-state index >= 15 is 0 Å². The number of rotatable bonds is 6. The lowest BCUT2D eigenvalue weighted by atomic mass is 10.0. The molecule has 0 spiro atoms. The first-order valence-electron chi connectivity index (χ1n) is 7.56. The molecule has 0 unspecified atom stereocenters. The van der Waals surface area contributed by atoms with Crippen molar-refractivity contribution in [2.24, 2.45) is 0 Å². The maximum Gasteiger partial charge on any atom is 0.0664 e. The maximum atomic E-state index is 4.57. The maximum absolute atomic E-state index is 4.57. The van der Waals surface area contributed by atoms with E-state index < -0.39 is 0 Å². The number of pyridine rings is 1. The van der Waals surface area contributed by atoms with E-state index in [1.54, 1.807) is 0 Å². The van der Waals surface area contributed by atoms with Gasteiger partial charge in [-0.2, -0.15) is 0 Å². The van der Waals surface area contributed by atoms with Gasteiger partial charge in [-0.3, -0.25) is 4.98 Å². The lowest BCUT2D eigenvalue weighted by Crippen LogP contribution is -1.91. The van der Waals surface area contributed by atoms with Crippen LogP contribution < -0.4 is 0 Å². The number of aromatic nitrogens is 1. The van der Waals surface area contributed by atoms with E-state index in [9.17, 15) is 0 Å². The molecule has 20 heavy (non-hydrogen) atoms. The highest BCUT2D eigenvalue weighted by Gasteiger charge is 2.04. The standard InChI is InChI=1S/C19H23N/c1-3-5-10-17(9-4-2)19-15-18(13-14-20-19)16-11-7-6-8-12-16/h6-8,10-15H,3-5,9H2,1-2H3/b17-10+. The zero-order chi connectivity index (χ0) is 14.2. The van der Waals surface area contributed by atoms with Crippen LogP contribution in [0.1, 0.15) is 45.2 Å². The molecule has 1 aromatic heterocycles. The van der Waals surface area contributed by atoms with Crippen LogP contribution in [0.3, 0.4) is 0 Å². The molecule has 0 N–H and O–H groups in total. The summed E-state index contributed by atoms with van der Waals surface area (Å²) < 4.78 is 0. The first-order chi connectivity index (χ1) is 9.85. The third-order valence-corrected chi connectivity index (χ3v) is 3.39. The smallest absolute Gasteiger partial charge is 0.0664 e. The molecule has 1 aromatic carbocycles. The Bertz CT molecular complexity index is 555. The highest BCUT2D eigenvalue weighted by Crippen LogP contribution is 2.24. The molecule has 1 heteroatoms. The Labute approximate surface area is 122 Å². The third-order valence-electron chi connectivity index (χ3n) is 3.39. The minimum absolute atomic E-state index is 1.10. The average Bonchev–Trinajstić information content (AvgIpc) is 2.52. The van der Waals surface area contributed by atoms with Crippen LogP contribution in [0.2, 0.25) is 0 Å². The lowest BCUT2D eigenvalue weighted by molar-refractivity contribution is 0.928. The Morgan fingerprint density at radius 1 is 1.00 bits per heavy atom. The van der Waals surface area contributed by atoms with Gasteiger partial charge in [0.15, 0.2) is 0 Å². The monoisotopic (exact) mass is 265 g/mol. The molecule has 0 amide bonds. The molecular formula is C19H23N. The minimum Gasteiger partial charge on any atom is -0.257 e. The van der Waals surface area contributed by atoms with Crippen LogP contribution in [0, 0.1) is 0 Å². The van der Waals surface area contributed by atoms with Crippen LogP contribution in [0.15, 0.2) is 54.7 Å². The van der Waals surface area contributed by atoms with Gasteiger partial charge in [-0.15, -0.1) is 0 Å². The fourth-order valence-electron chi connectivity index (χ4n) is 2.34. The number of hydrogen-bond acceptors (Lipinski definition) is 1. The second kappa shape index (κ2) is 7.64. The molecule has 0 saturated carbocycles. The molecule has 0 aliphatic heterocycles. The van der Waals surface area contributed by atoms with Crippen LogP contribution >= 0.6 is 0 Å². The predicted molar refractivity (Wildman–Crippen MR) is 87.5 cm³/mol. The van der Waals surface area contributed by atoms with Gasteiger partial charge in [-0.25, -0.2) is 0 Å². The average molecular weight is 265 g/mol. The Kier molecular flexibility index (Phi) is 5.55. The summed E-state index contributed by atoms with van der Waals surface area (Å²) in [6.07, 6.45) is 8.85. The number of unbranched alkanes of at least 4 members (excludes halogenated alkanes) is 1. The molecule has 1 heterocycles. The molecule has 2 rings (SSSR count). The van der Waals surface area contributed by atoms with Gasteiger partial charge in [0.25, 0.3) is 0 Å². The highest BCUT2D eigenvalue weighted by atomic mass is 14.7. The van der Waals surface area contributed by atoms with Crippen molar-refractivity contribution in [2.75, 3.05) is 0 Å². The molecule has 0 aliphatic carbocycles. The molecule has 0 aliphatic rings. The number of nitrogens with zero attached hydrogens (tertiary/aromatic N) is 1. The van der Waals surface area contributed by atoms with Crippen molar-refractivity contribution in [2.45, 2.75) is 39.5 Å². The summed E-state index contributed by atoms with van der Waals surface area (Å²) in [5, 5.41) is 0. The van der Waals surface area contributed by atoms with Crippen molar-refractivity contribution in [3.63, 3.8) is 0 Å². The molecule has 0 saturated heterocycles. The minimum atomic E-state index is 1.10. The van der Waals surface area contributed by atoms with Gasteiger partial charge in [0.2, 0.25) is 0 Å². The van der Waals surface area contributed by atoms with Crippen LogP contribution in [-0.2, 0) is 0 Å². The first-order valence-corrected chi connectivity index (χ1v) is 7.56. The summed E-state index contributed by atoms with van der Waals surface area (Å²) >= 11 is 0. The quantitative estimate of drug-likeness (QED) is 0.649. The largest absolute Gasteiger partial charge is 0.257 e. The Hall–Kier alpha value is -1.89. The van der Waals surface area contributed by atoms with E-state index in [0.717, 1.165) is 25.0 Å². The van der Waals surface area contributed by atoms with Gasteiger partial charge in [0.1, 0.15) is 0 Å². The van der Waals surface area contributed by atoms with Crippen molar-refractivity contribution >= 4 is 5.57 Å². The molecule has 2 aromatic rings. The van der Waals surface area contributed by atoms with E-state index in [1.165, 1.54) is 23.1 Å². The molecule has 0 fully saturated rings. The van der Waals surface area contributed by atoms with Crippen molar-refractivity contribution in [1.29, 1.82) is 0 Å². The summed E-state index contributed by atoms with van der Waals surface area (Å²) in [6.45, 7) is 4.44. The van der Waals surface area contributed by atoms with Gasteiger partial charge < -0.3 is 0 Å². The van der Waals surface area contributed by atoms with Gasteiger partial charge in [-0.1, -0.05) is 63.1 Å². The Morgan fingerprint density at radius 3 is 2.50 bits per heavy atom. The second-order valence-corrected chi connectivity index (χ2v) is 5.06. The zero-order valence-electron chi connectivity index (χ0n) is 12.5. The molecule has 1 nitrogen and oxygen atoms in total. The van der Waals surface area contributed by atoms with Gasteiger partial charge >= 0.3 is 0 Å². The predicted octanol–water partition coefficient (Wildman–Crippen LogP) is 5.73. The van der Waals surface area contributed by atoms with Crippen LogP contribution in [0.4, 0.5) is 0 Å². The van der Waals surface area contributed by atoms with Crippen molar-refractivity contribution in [3.05, 3.63) is 60.4 Å². The summed E-state index contributed by atoms with van der Waals surface area (Å²) in [5.74, 6) is 0. The zero-order valence-corrected chi connectivity index (χ0v) is 12.5. The number of hydrogen-bond donors (Lipinski definition) is 0. The third kappa shape index (κ3) is 3.80. The van der Waals surface area contributed by atoms with Crippen molar-refractivity contribution < 1.29 is 0 Å². The van der Waals surface area contributed by atoms with Gasteiger partial charge in [0.05, 0.1) is 5.69 Å². The van der Waals surface area contributed by atoms with Crippen LogP contribution in [-0.4, -0.2) is 4.98 Å². The first kappa shape index (κ1) is 14.5.